The van der Waals surface area contributed by atoms with E-state index >= 15 is 0 Å². The molecule has 0 heterocycles. The molecule has 0 aromatic carbocycles. The predicted molar refractivity (Wildman–Crippen MR) is 34.6 cm³/mol. The molecule has 1 heteroatoms. The largest absolute Gasteiger partial charge is 0.376 e. The van der Waals surface area contributed by atoms with Gasteiger partial charge in [-0.3, -0.25) is 0 Å². The van der Waals surface area contributed by atoms with Crippen LogP contribution in [0.1, 0.15) is 27.2 Å². The van der Waals surface area contributed by atoms with Crippen LogP contribution in [0, 0.1) is 6.92 Å². The molecule has 0 unspecified atom stereocenters. The van der Waals surface area contributed by atoms with Gasteiger partial charge in [-0.2, -0.15) is 0 Å². The maximum Gasteiger partial charge on any atom is 0.0598 e. The first-order valence-corrected chi connectivity index (χ1v) is 2.90. The standard InChI is InChI=1S/C7H14O/c1-5-6-8-7(2,3)4/h1H,5-6H2,2-4H3. The average Bonchev–Trinajstić information content (AvgIpc) is 1.59. The molecule has 0 aliphatic heterocycles. The average molecular weight is 114 g/mol. The Kier molecular flexibility index (Phi) is 3.06. The molecule has 0 atom stereocenters. The van der Waals surface area contributed by atoms with Gasteiger partial charge in [-0.1, -0.05) is 0 Å². The maximum absolute atomic E-state index is 5.25. The van der Waals surface area contributed by atoms with Crippen LogP contribution in [0.5, 0.6) is 0 Å². The molecule has 0 amide bonds. The van der Waals surface area contributed by atoms with Gasteiger partial charge in [-0.15, -0.1) is 0 Å². The lowest BCUT2D eigenvalue weighted by atomic mass is 10.2. The Morgan fingerprint density at radius 2 is 1.88 bits per heavy atom. The maximum atomic E-state index is 5.25. The highest BCUT2D eigenvalue weighted by atomic mass is 16.5. The van der Waals surface area contributed by atoms with Gasteiger partial charge in [0.2, 0.25) is 0 Å². The van der Waals surface area contributed by atoms with E-state index in [0.29, 0.717) is 13.0 Å². The van der Waals surface area contributed by atoms with Crippen molar-refractivity contribution in [3.8, 4) is 0 Å². The Bertz CT molecular complexity index is 51.9. The molecule has 0 aliphatic rings. The van der Waals surface area contributed by atoms with Crippen molar-refractivity contribution in [2.75, 3.05) is 6.61 Å². The zero-order valence-electron chi connectivity index (χ0n) is 5.90. The van der Waals surface area contributed by atoms with Gasteiger partial charge in [-0.05, 0) is 34.1 Å². The van der Waals surface area contributed by atoms with E-state index in [1.165, 1.54) is 0 Å². The second-order valence-electron chi connectivity index (χ2n) is 2.75. The number of hydrogen-bond acceptors (Lipinski definition) is 1. The van der Waals surface area contributed by atoms with E-state index in [-0.39, 0.29) is 5.60 Å². The van der Waals surface area contributed by atoms with Crippen molar-refractivity contribution in [1.29, 1.82) is 0 Å². The number of rotatable bonds is 2. The van der Waals surface area contributed by atoms with Crippen molar-refractivity contribution in [3.05, 3.63) is 6.92 Å². The van der Waals surface area contributed by atoms with E-state index in [4.69, 9.17) is 11.7 Å². The minimum atomic E-state index is -0.0284. The van der Waals surface area contributed by atoms with Crippen LogP contribution in [-0.2, 0) is 4.74 Å². The normalized spacial score (nSPS) is 12.0. The highest BCUT2D eigenvalue weighted by molar-refractivity contribution is 4.58. The summed E-state index contributed by atoms with van der Waals surface area (Å²) in [6, 6.07) is 0. The Hall–Kier alpha value is -0.0400. The minimum absolute atomic E-state index is 0.0284. The van der Waals surface area contributed by atoms with Crippen LogP contribution in [0.4, 0.5) is 0 Å². The Labute approximate surface area is 52.0 Å². The van der Waals surface area contributed by atoms with E-state index < -0.39 is 0 Å². The highest BCUT2D eigenvalue weighted by Gasteiger charge is 2.07. The van der Waals surface area contributed by atoms with E-state index in [0.717, 1.165) is 0 Å². The first kappa shape index (κ1) is 7.96. The Morgan fingerprint density at radius 3 is 2.00 bits per heavy atom. The van der Waals surface area contributed by atoms with Gasteiger partial charge < -0.3 is 4.74 Å². The third-order valence-corrected chi connectivity index (χ3v) is 0.653. The smallest absolute Gasteiger partial charge is 0.0598 e. The van der Waals surface area contributed by atoms with Gasteiger partial charge in [0.1, 0.15) is 0 Å². The van der Waals surface area contributed by atoms with Gasteiger partial charge in [0, 0.05) is 6.61 Å². The van der Waals surface area contributed by atoms with Gasteiger partial charge in [0.15, 0.2) is 0 Å². The fourth-order valence-corrected chi connectivity index (χ4v) is 0.365. The first-order chi connectivity index (χ1) is 3.56. The molecule has 0 aromatic heterocycles. The van der Waals surface area contributed by atoms with Crippen molar-refractivity contribution in [1.82, 2.24) is 0 Å². The fraction of sp³-hybridized carbons (Fsp3) is 0.857. The lowest BCUT2D eigenvalue weighted by Gasteiger charge is -2.18. The number of ether oxygens (including phenoxy) is 1. The molecule has 0 fully saturated rings. The lowest BCUT2D eigenvalue weighted by Crippen LogP contribution is -2.19. The predicted octanol–water partition coefficient (Wildman–Crippen LogP) is 1.90. The fourth-order valence-electron chi connectivity index (χ4n) is 0.365. The summed E-state index contributed by atoms with van der Waals surface area (Å²) in [4.78, 5) is 0. The quantitative estimate of drug-likeness (QED) is 0.532. The summed E-state index contributed by atoms with van der Waals surface area (Å²) < 4.78 is 5.25. The third-order valence-electron chi connectivity index (χ3n) is 0.653. The van der Waals surface area contributed by atoms with E-state index in [1.807, 2.05) is 20.8 Å². The molecule has 0 N–H and O–H groups in total. The van der Waals surface area contributed by atoms with Crippen LogP contribution in [0.15, 0.2) is 0 Å². The monoisotopic (exact) mass is 114 g/mol. The van der Waals surface area contributed by atoms with Crippen molar-refractivity contribution < 1.29 is 4.74 Å². The number of hydrogen-bond donors (Lipinski definition) is 0. The first-order valence-electron chi connectivity index (χ1n) is 2.90. The van der Waals surface area contributed by atoms with Crippen LogP contribution in [0.2, 0.25) is 0 Å². The van der Waals surface area contributed by atoms with Gasteiger partial charge >= 0.3 is 0 Å². The second kappa shape index (κ2) is 3.08. The highest BCUT2D eigenvalue weighted by Crippen LogP contribution is 2.05. The summed E-state index contributed by atoms with van der Waals surface area (Å²) in [7, 11) is 0. The van der Waals surface area contributed by atoms with Crippen molar-refractivity contribution in [2.24, 2.45) is 0 Å². The topological polar surface area (TPSA) is 9.23 Å². The van der Waals surface area contributed by atoms with Gasteiger partial charge in [0.05, 0.1) is 5.60 Å². The summed E-state index contributed by atoms with van der Waals surface area (Å²) in [6.45, 7) is 11.9. The minimum Gasteiger partial charge on any atom is -0.376 e. The summed E-state index contributed by atoms with van der Waals surface area (Å²) in [5.74, 6) is 0. The molecule has 1 nitrogen and oxygen atoms in total. The van der Waals surface area contributed by atoms with Crippen molar-refractivity contribution in [2.45, 2.75) is 32.8 Å². The van der Waals surface area contributed by atoms with Crippen LogP contribution in [-0.4, -0.2) is 12.2 Å². The molecule has 0 saturated heterocycles. The summed E-state index contributed by atoms with van der Waals surface area (Å²) >= 11 is 0. The molecular formula is C7H14O. The third kappa shape index (κ3) is 5.96. The van der Waals surface area contributed by atoms with Gasteiger partial charge in [0.25, 0.3) is 0 Å². The molecule has 0 aromatic rings. The SMILES string of the molecule is [CH]CCOC(C)(C)C. The molecular weight excluding hydrogens is 100 g/mol. The Morgan fingerprint density at radius 1 is 1.38 bits per heavy atom. The lowest BCUT2D eigenvalue weighted by molar-refractivity contribution is -0.000335. The summed E-state index contributed by atoms with van der Waals surface area (Å²) in [6.07, 6.45) is 0.608. The molecule has 0 spiro atoms. The van der Waals surface area contributed by atoms with Crippen LogP contribution < -0.4 is 0 Å². The zero-order valence-corrected chi connectivity index (χ0v) is 5.90. The second-order valence-corrected chi connectivity index (χ2v) is 2.75. The summed E-state index contributed by atoms with van der Waals surface area (Å²) in [5.41, 5.74) is -0.0284. The van der Waals surface area contributed by atoms with Crippen molar-refractivity contribution >= 4 is 0 Å². The van der Waals surface area contributed by atoms with E-state index in [2.05, 4.69) is 0 Å². The molecule has 0 aliphatic carbocycles. The van der Waals surface area contributed by atoms with E-state index in [1.54, 1.807) is 0 Å². The van der Waals surface area contributed by atoms with Crippen LogP contribution >= 0.6 is 0 Å². The van der Waals surface area contributed by atoms with E-state index in [9.17, 15) is 0 Å². The molecule has 0 bridgehead atoms. The Balaban J connectivity index is 3.11. The van der Waals surface area contributed by atoms with Gasteiger partial charge in [-0.25, -0.2) is 0 Å². The molecule has 0 saturated carbocycles. The molecule has 0 rings (SSSR count). The van der Waals surface area contributed by atoms with Crippen LogP contribution in [0.25, 0.3) is 0 Å². The van der Waals surface area contributed by atoms with Crippen molar-refractivity contribution in [3.63, 3.8) is 0 Å². The summed E-state index contributed by atoms with van der Waals surface area (Å²) in [5, 5.41) is 0. The zero-order chi connectivity index (χ0) is 6.62. The molecule has 48 valence electrons. The molecule has 2 radical (unpaired) electrons. The van der Waals surface area contributed by atoms with Crippen LogP contribution in [0.3, 0.4) is 0 Å². The molecule has 8 heavy (non-hydrogen) atoms.